The van der Waals surface area contributed by atoms with Gasteiger partial charge in [-0.05, 0) is 25.3 Å². The van der Waals surface area contributed by atoms with Crippen molar-refractivity contribution in [2.24, 2.45) is 5.92 Å². The zero-order valence-electron chi connectivity index (χ0n) is 14.8. The van der Waals surface area contributed by atoms with Gasteiger partial charge in [-0.25, -0.2) is 9.59 Å². The second-order valence-electron chi connectivity index (χ2n) is 6.70. The number of ether oxygens (including phenoxy) is 1. The van der Waals surface area contributed by atoms with Crippen molar-refractivity contribution in [3.05, 3.63) is 39.9 Å². The monoisotopic (exact) mass is 389 g/mol. The highest BCUT2D eigenvalue weighted by Crippen LogP contribution is 2.35. The van der Waals surface area contributed by atoms with Gasteiger partial charge >= 0.3 is 12.0 Å². The average Bonchev–Trinajstić information content (AvgIpc) is 3.11. The SMILES string of the molecule is CCOC(=O)c1nnsc1NC(=O)N1C[C@H]2C[C@@H](C1)c1cccc(=O)n1C2. The van der Waals surface area contributed by atoms with Crippen molar-refractivity contribution in [2.45, 2.75) is 25.8 Å². The highest BCUT2D eigenvalue weighted by molar-refractivity contribution is 7.10. The summed E-state index contributed by atoms with van der Waals surface area (Å²) in [5.74, 6) is -0.252. The van der Waals surface area contributed by atoms with E-state index in [1.54, 1.807) is 24.0 Å². The standard InChI is InChI=1S/C17H19N5O4S/c1-2-26-16(24)14-15(27-20-19-14)18-17(25)21-7-10-6-11(9-21)12-4-3-5-13(23)22(12)8-10/h3-5,10-11H,2,6-9H2,1H3,(H,18,25)/t10-,11+/m1/s1. The van der Waals surface area contributed by atoms with Gasteiger partial charge in [0.15, 0.2) is 5.00 Å². The number of nitrogens with one attached hydrogen (secondary N) is 1. The van der Waals surface area contributed by atoms with E-state index in [9.17, 15) is 14.4 Å². The summed E-state index contributed by atoms with van der Waals surface area (Å²) in [4.78, 5) is 38.5. The number of carbonyl (C=O) groups excluding carboxylic acids is 2. The van der Waals surface area contributed by atoms with Crippen LogP contribution in [0.15, 0.2) is 23.0 Å². The van der Waals surface area contributed by atoms with E-state index in [1.807, 2.05) is 10.6 Å². The minimum atomic E-state index is -0.606. The van der Waals surface area contributed by atoms with Crippen molar-refractivity contribution in [3.63, 3.8) is 0 Å². The molecule has 4 rings (SSSR count). The molecule has 27 heavy (non-hydrogen) atoms. The number of rotatable bonds is 3. The van der Waals surface area contributed by atoms with Crippen LogP contribution in [0.5, 0.6) is 0 Å². The van der Waals surface area contributed by atoms with E-state index in [0.717, 1.165) is 23.6 Å². The number of amides is 2. The van der Waals surface area contributed by atoms with Gasteiger partial charge in [0.2, 0.25) is 5.69 Å². The molecular formula is C17H19N5O4S. The van der Waals surface area contributed by atoms with Crippen molar-refractivity contribution in [1.82, 2.24) is 19.1 Å². The molecule has 4 heterocycles. The molecular weight excluding hydrogens is 370 g/mol. The number of nitrogens with zero attached hydrogens (tertiary/aromatic N) is 4. The maximum Gasteiger partial charge on any atom is 0.362 e. The Bertz CT molecular complexity index is 939. The van der Waals surface area contributed by atoms with Crippen LogP contribution in [-0.2, 0) is 11.3 Å². The Morgan fingerprint density at radius 2 is 2.19 bits per heavy atom. The lowest BCUT2D eigenvalue weighted by Crippen LogP contribution is -2.50. The molecule has 2 aromatic heterocycles. The lowest BCUT2D eigenvalue weighted by molar-refractivity contribution is 0.0520. The van der Waals surface area contributed by atoms with Crippen molar-refractivity contribution in [3.8, 4) is 0 Å². The molecule has 2 aromatic rings. The molecule has 0 radical (unpaired) electrons. The Morgan fingerprint density at radius 1 is 1.33 bits per heavy atom. The fourth-order valence-electron chi connectivity index (χ4n) is 3.84. The second kappa shape index (κ2) is 7.10. The highest BCUT2D eigenvalue weighted by Gasteiger charge is 2.36. The van der Waals surface area contributed by atoms with E-state index < -0.39 is 5.97 Å². The minimum absolute atomic E-state index is 0.00918. The van der Waals surface area contributed by atoms with Crippen LogP contribution in [0.2, 0.25) is 0 Å². The Morgan fingerprint density at radius 3 is 3.00 bits per heavy atom. The van der Waals surface area contributed by atoms with Crippen LogP contribution in [0.4, 0.5) is 9.80 Å². The Hall–Kier alpha value is -2.75. The van der Waals surface area contributed by atoms with Gasteiger partial charge in [-0.1, -0.05) is 10.6 Å². The first-order chi connectivity index (χ1) is 13.1. The van der Waals surface area contributed by atoms with Crippen LogP contribution in [0, 0.1) is 5.92 Å². The number of hydrogen-bond acceptors (Lipinski definition) is 7. The molecule has 2 amide bonds. The number of anilines is 1. The van der Waals surface area contributed by atoms with Gasteiger partial charge < -0.3 is 14.2 Å². The first kappa shape index (κ1) is 17.7. The van der Waals surface area contributed by atoms with Crippen LogP contribution in [0.3, 0.4) is 0 Å². The van der Waals surface area contributed by atoms with E-state index in [2.05, 4.69) is 14.9 Å². The Kier molecular flexibility index (Phi) is 4.65. The highest BCUT2D eigenvalue weighted by atomic mass is 32.1. The number of piperidine rings is 1. The summed E-state index contributed by atoms with van der Waals surface area (Å²) >= 11 is 0.942. The number of fused-ring (bicyclic) bond motifs is 4. The van der Waals surface area contributed by atoms with Crippen LogP contribution in [-0.4, -0.2) is 50.8 Å². The van der Waals surface area contributed by atoms with Gasteiger partial charge in [-0.15, -0.1) is 5.10 Å². The van der Waals surface area contributed by atoms with Gasteiger partial charge in [-0.2, -0.15) is 0 Å². The topological polar surface area (TPSA) is 106 Å². The van der Waals surface area contributed by atoms with E-state index in [-0.39, 0.29) is 40.7 Å². The molecule has 1 saturated heterocycles. The molecule has 0 aliphatic carbocycles. The van der Waals surface area contributed by atoms with Gasteiger partial charge in [-0.3, -0.25) is 10.1 Å². The number of pyridine rings is 1. The molecule has 0 unspecified atom stereocenters. The second-order valence-corrected chi connectivity index (χ2v) is 7.46. The first-order valence-corrected chi connectivity index (χ1v) is 9.59. The molecule has 2 aliphatic heterocycles. The van der Waals surface area contributed by atoms with Crippen molar-refractivity contribution >= 4 is 28.5 Å². The normalized spacial score (nSPS) is 20.7. The molecule has 10 heteroatoms. The third kappa shape index (κ3) is 3.32. The fraction of sp³-hybridized carbons (Fsp3) is 0.471. The van der Waals surface area contributed by atoms with Crippen molar-refractivity contribution in [1.29, 1.82) is 0 Å². The average molecular weight is 389 g/mol. The summed E-state index contributed by atoms with van der Waals surface area (Å²) in [6, 6.07) is 4.99. The molecule has 2 bridgehead atoms. The molecule has 0 saturated carbocycles. The largest absolute Gasteiger partial charge is 0.461 e. The van der Waals surface area contributed by atoms with Gasteiger partial charge in [0, 0.05) is 48.8 Å². The third-order valence-corrected chi connectivity index (χ3v) is 5.59. The van der Waals surface area contributed by atoms with Gasteiger partial charge in [0.1, 0.15) is 0 Å². The van der Waals surface area contributed by atoms with Gasteiger partial charge in [0.05, 0.1) is 6.61 Å². The lowest BCUT2D eigenvalue weighted by Gasteiger charge is -2.42. The van der Waals surface area contributed by atoms with E-state index in [1.165, 1.54) is 0 Å². The molecule has 1 N–H and O–H groups in total. The molecule has 0 aromatic carbocycles. The predicted molar refractivity (Wildman–Crippen MR) is 98.0 cm³/mol. The quantitative estimate of drug-likeness (QED) is 0.798. The summed E-state index contributed by atoms with van der Waals surface area (Å²) in [6.45, 7) is 3.62. The Labute approximate surface area is 159 Å². The van der Waals surface area contributed by atoms with E-state index >= 15 is 0 Å². The summed E-state index contributed by atoms with van der Waals surface area (Å²) in [5, 5.41) is 6.77. The smallest absolute Gasteiger partial charge is 0.362 e. The first-order valence-electron chi connectivity index (χ1n) is 8.82. The van der Waals surface area contributed by atoms with Crippen molar-refractivity contribution < 1.29 is 14.3 Å². The number of urea groups is 1. The van der Waals surface area contributed by atoms with Gasteiger partial charge in [0.25, 0.3) is 5.56 Å². The van der Waals surface area contributed by atoms with Crippen LogP contribution >= 0.6 is 11.5 Å². The summed E-state index contributed by atoms with van der Waals surface area (Å²) in [7, 11) is 0. The van der Waals surface area contributed by atoms with E-state index in [0.29, 0.717) is 19.6 Å². The van der Waals surface area contributed by atoms with Crippen LogP contribution in [0.1, 0.15) is 35.4 Å². The lowest BCUT2D eigenvalue weighted by atomic mass is 9.83. The predicted octanol–water partition coefficient (Wildman–Crippen LogP) is 1.53. The summed E-state index contributed by atoms with van der Waals surface area (Å²) in [5.41, 5.74) is 1.00. The van der Waals surface area contributed by atoms with Crippen LogP contribution in [0.25, 0.3) is 0 Å². The van der Waals surface area contributed by atoms with Crippen molar-refractivity contribution in [2.75, 3.05) is 25.0 Å². The number of carbonyl (C=O) groups is 2. The maximum absolute atomic E-state index is 12.8. The zero-order valence-corrected chi connectivity index (χ0v) is 15.6. The summed E-state index contributed by atoms with van der Waals surface area (Å²) < 4.78 is 10.5. The molecule has 9 nitrogen and oxygen atoms in total. The molecule has 0 spiro atoms. The fourth-order valence-corrected chi connectivity index (χ4v) is 4.39. The molecule has 1 fully saturated rings. The summed E-state index contributed by atoms with van der Waals surface area (Å²) in [6.07, 6.45) is 0.962. The number of aromatic nitrogens is 3. The third-order valence-electron chi connectivity index (χ3n) is 4.94. The number of esters is 1. The number of hydrogen-bond donors (Lipinski definition) is 1. The minimum Gasteiger partial charge on any atom is -0.461 e. The zero-order chi connectivity index (χ0) is 19.0. The molecule has 142 valence electrons. The Balaban J connectivity index is 1.50. The number of likely N-dealkylation sites (tertiary alicyclic amines) is 1. The molecule has 2 aliphatic rings. The maximum atomic E-state index is 12.8. The van der Waals surface area contributed by atoms with Crippen LogP contribution < -0.4 is 10.9 Å². The molecule has 2 atom stereocenters. The van der Waals surface area contributed by atoms with E-state index in [4.69, 9.17) is 4.74 Å².